The average Bonchev–Trinajstić information content (AvgIpc) is 2.54. The fourth-order valence-electron chi connectivity index (χ4n) is 3.32. The number of benzene rings is 1. The van der Waals surface area contributed by atoms with Crippen molar-refractivity contribution >= 4 is 0 Å². The van der Waals surface area contributed by atoms with Crippen LogP contribution in [-0.2, 0) is 4.74 Å². The van der Waals surface area contributed by atoms with Gasteiger partial charge in [0.2, 0.25) is 0 Å². The topological polar surface area (TPSA) is 33.7 Å². The molecule has 2 aliphatic heterocycles. The molecule has 0 bridgehead atoms. The number of para-hydroxylation sites is 1. The smallest absolute Gasteiger partial charge is 0.122 e. The van der Waals surface area contributed by atoms with Crippen LogP contribution in [0.5, 0.6) is 5.75 Å². The Morgan fingerprint density at radius 3 is 3.10 bits per heavy atom. The molecule has 1 N–H and O–H groups in total. The predicted molar refractivity (Wildman–Crippen MR) is 84.0 cm³/mol. The quantitative estimate of drug-likeness (QED) is 0.897. The molecule has 4 heteroatoms. The van der Waals surface area contributed by atoms with Crippen LogP contribution >= 0.6 is 0 Å². The highest BCUT2D eigenvalue weighted by Gasteiger charge is 2.28. The van der Waals surface area contributed by atoms with Gasteiger partial charge < -0.3 is 14.8 Å². The maximum Gasteiger partial charge on any atom is 0.122 e. The number of fused-ring (bicyclic) bond motifs is 1. The second kappa shape index (κ2) is 7.25. The van der Waals surface area contributed by atoms with E-state index in [0.717, 1.165) is 58.2 Å². The van der Waals surface area contributed by atoms with Crippen molar-refractivity contribution in [1.82, 2.24) is 10.2 Å². The lowest BCUT2D eigenvalue weighted by molar-refractivity contribution is -0.0108. The molecule has 21 heavy (non-hydrogen) atoms. The van der Waals surface area contributed by atoms with E-state index < -0.39 is 0 Å². The van der Waals surface area contributed by atoms with Gasteiger partial charge in [-0.1, -0.05) is 25.1 Å². The van der Waals surface area contributed by atoms with Crippen molar-refractivity contribution < 1.29 is 9.47 Å². The molecule has 116 valence electrons. The minimum Gasteiger partial charge on any atom is -0.493 e. The molecule has 1 aromatic rings. The number of likely N-dealkylation sites (N-methyl/N-ethyl adjacent to an activating group) is 1. The number of ether oxygens (including phenoxy) is 2. The third-order valence-corrected chi connectivity index (χ3v) is 4.52. The summed E-state index contributed by atoms with van der Waals surface area (Å²) in [7, 11) is 0. The molecule has 3 rings (SSSR count). The molecule has 1 aromatic carbocycles. The molecule has 2 aliphatic rings. The summed E-state index contributed by atoms with van der Waals surface area (Å²) >= 11 is 0. The summed E-state index contributed by atoms with van der Waals surface area (Å²) in [5.41, 5.74) is 1.37. The maximum absolute atomic E-state index is 5.78. The van der Waals surface area contributed by atoms with Gasteiger partial charge in [-0.25, -0.2) is 0 Å². The SMILES string of the molecule is CCNCC1COCCN1CC1CCOc2ccccc21. The summed E-state index contributed by atoms with van der Waals surface area (Å²) < 4.78 is 11.4. The molecule has 1 fully saturated rings. The summed E-state index contributed by atoms with van der Waals surface area (Å²) in [6.07, 6.45) is 1.11. The number of morpholine rings is 1. The van der Waals surface area contributed by atoms with Gasteiger partial charge in [0.1, 0.15) is 5.75 Å². The Morgan fingerprint density at radius 1 is 1.29 bits per heavy atom. The lowest BCUT2D eigenvalue weighted by Gasteiger charge is -2.39. The van der Waals surface area contributed by atoms with Gasteiger partial charge in [0, 0.05) is 31.6 Å². The van der Waals surface area contributed by atoms with Crippen molar-refractivity contribution in [3.63, 3.8) is 0 Å². The summed E-state index contributed by atoms with van der Waals surface area (Å²) in [5.74, 6) is 1.66. The van der Waals surface area contributed by atoms with E-state index in [0.29, 0.717) is 12.0 Å². The first-order valence-electron chi connectivity index (χ1n) is 8.12. The summed E-state index contributed by atoms with van der Waals surface area (Å²) in [6.45, 7) is 8.87. The molecule has 2 unspecified atom stereocenters. The normalized spacial score (nSPS) is 26.1. The Kier molecular flexibility index (Phi) is 5.12. The zero-order chi connectivity index (χ0) is 14.5. The Balaban J connectivity index is 1.67. The van der Waals surface area contributed by atoms with Gasteiger partial charge in [0.05, 0.1) is 19.8 Å². The van der Waals surface area contributed by atoms with Crippen LogP contribution in [0.2, 0.25) is 0 Å². The van der Waals surface area contributed by atoms with E-state index in [2.05, 4.69) is 41.4 Å². The van der Waals surface area contributed by atoms with Crippen molar-refractivity contribution in [3.05, 3.63) is 29.8 Å². The van der Waals surface area contributed by atoms with Gasteiger partial charge in [-0.3, -0.25) is 4.90 Å². The number of hydrogen-bond donors (Lipinski definition) is 1. The first-order valence-corrected chi connectivity index (χ1v) is 8.12. The first-order chi connectivity index (χ1) is 10.4. The Bertz CT molecular complexity index is 452. The average molecular weight is 290 g/mol. The second-order valence-electron chi connectivity index (χ2n) is 5.90. The lowest BCUT2D eigenvalue weighted by Crippen LogP contribution is -2.51. The zero-order valence-corrected chi connectivity index (χ0v) is 12.9. The molecule has 0 aliphatic carbocycles. The Morgan fingerprint density at radius 2 is 2.19 bits per heavy atom. The predicted octanol–water partition coefficient (Wildman–Crippen LogP) is 1.86. The molecule has 2 atom stereocenters. The van der Waals surface area contributed by atoms with Crippen LogP contribution in [0.3, 0.4) is 0 Å². The highest BCUT2D eigenvalue weighted by Crippen LogP contribution is 2.34. The molecule has 1 saturated heterocycles. The lowest BCUT2D eigenvalue weighted by atomic mass is 9.92. The third-order valence-electron chi connectivity index (χ3n) is 4.52. The molecule has 0 aromatic heterocycles. The van der Waals surface area contributed by atoms with E-state index in [9.17, 15) is 0 Å². The third kappa shape index (κ3) is 3.57. The molecule has 4 nitrogen and oxygen atoms in total. The minimum absolute atomic E-state index is 0.494. The molecule has 2 heterocycles. The van der Waals surface area contributed by atoms with Crippen LogP contribution in [0.1, 0.15) is 24.8 Å². The van der Waals surface area contributed by atoms with E-state index >= 15 is 0 Å². The fraction of sp³-hybridized carbons (Fsp3) is 0.647. The van der Waals surface area contributed by atoms with E-state index in [1.807, 2.05) is 0 Å². The van der Waals surface area contributed by atoms with Gasteiger partial charge in [0.15, 0.2) is 0 Å². The van der Waals surface area contributed by atoms with Crippen LogP contribution in [0.15, 0.2) is 24.3 Å². The second-order valence-corrected chi connectivity index (χ2v) is 5.90. The monoisotopic (exact) mass is 290 g/mol. The van der Waals surface area contributed by atoms with Crippen LogP contribution in [-0.4, -0.2) is 56.9 Å². The highest BCUT2D eigenvalue weighted by atomic mass is 16.5. The van der Waals surface area contributed by atoms with Crippen molar-refractivity contribution in [3.8, 4) is 5.75 Å². The molecular formula is C17H26N2O2. The van der Waals surface area contributed by atoms with Crippen molar-refractivity contribution in [2.75, 3.05) is 46.0 Å². The largest absolute Gasteiger partial charge is 0.493 e. The first kappa shape index (κ1) is 14.8. The zero-order valence-electron chi connectivity index (χ0n) is 12.9. The summed E-state index contributed by atoms with van der Waals surface area (Å²) in [6, 6.07) is 8.99. The maximum atomic E-state index is 5.78. The van der Waals surface area contributed by atoms with Crippen LogP contribution in [0.4, 0.5) is 0 Å². The standard InChI is InChI=1S/C17H26N2O2/c1-2-18-11-15-13-20-10-8-19(15)12-14-7-9-21-17-6-4-3-5-16(14)17/h3-6,14-15,18H,2,7-13H2,1H3. The number of rotatable bonds is 5. The van der Waals surface area contributed by atoms with Crippen molar-refractivity contribution in [1.29, 1.82) is 0 Å². The van der Waals surface area contributed by atoms with Crippen LogP contribution < -0.4 is 10.1 Å². The number of nitrogens with zero attached hydrogens (tertiary/aromatic N) is 1. The highest BCUT2D eigenvalue weighted by molar-refractivity contribution is 5.38. The molecule has 0 saturated carbocycles. The molecule has 0 spiro atoms. The molecular weight excluding hydrogens is 264 g/mol. The van der Waals surface area contributed by atoms with E-state index in [1.165, 1.54) is 5.56 Å². The molecule has 0 radical (unpaired) electrons. The minimum atomic E-state index is 0.494. The van der Waals surface area contributed by atoms with Crippen LogP contribution in [0, 0.1) is 0 Å². The van der Waals surface area contributed by atoms with Gasteiger partial charge in [-0.15, -0.1) is 0 Å². The fourth-order valence-corrected chi connectivity index (χ4v) is 3.32. The Labute approximate surface area is 127 Å². The van der Waals surface area contributed by atoms with E-state index in [4.69, 9.17) is 9.47 Å². The van der Waals surface area contributed by atoms with E-state index in [-0.39, 0.29) is 0 Å². The van der Waals surface area contributed by atoms with Crippen LogP contribution in [0.25, 0.3) is 0 Å². The van der Waals surface area contributed by atoms with Gasteiger partial charge in [0.25, 0.3) is 0 Å². The van der Waals surface area contributed by atoms with Crippen molar-refractivity contribution in [2.24, 2.45) is 0 Å². The van der Waals surface area contributed by atoms with E-state index in [1.54, 1.807) is 0 Å². The van der Waals surface area contributed by atoms with Gasteiger partial charge in [-0.05, 0) is 24.6 Å². The summed E-state index contributed by atoms with van der Waals surface area (Å²) in [4.78, 5) is 2.60. The summed E-state index contributed by atoms with van der Waals surface area (Å²) in [5, 5.41) is 3.46. The van der Waals surface area contributed by atoms with Gasteiger partial charge >= 0.3 is 0 Å². The van der Waals surface area contributed by atoms with Crippen molar-refractivity contribution in [2.45, 2.75) is 25.3 Å². The van der Waals surface area contributed by atoms with Gasteiger partial charge in [-0.2, -0.15) is 0 Å². The number of nitrogens with one attached hydrogen (secondary N) is 1. The Hall–Kier alpha value is -1.10. The molecule has 0 amide bonds. The number of hydrogen-bond acceptors (Lipinski definition) is 4.